The standard InChI is InChI=1S/C17H16FNO/c1-11(19-2)12-7-8-15(18)14(9-12)17-10-13-5-3-4-6-16(13)20-17/h3-11,19H,1-2H3. The molecule has 0 bridgehead atoms. The van der Waals surface area contributed by atoms with Crippen LogP contribution in [0.2, 0.25) is 0 Å². The van der Waals surface area contributed by atoms with Gasteiger partial charge in [-0.25, -0.2) is 4.39 Å². The molecule has 0 aliphatic heterocycles. The van der Waals surface area contributed by atoms with Crippen LogP contribution < -0.4 is 5.32 Å². The Labute approximate surface area is 117 Å². The zero-order valence-corrected chi connectivity index (χ0v) is 11.5. The fourth-order valence-corrected chi connectivity index (χ4v) is 2.28. The highest BCUT2D eigenvalue weighted by Crippen LogP contribution is 2.31. The third-order valence-electron chi connectivity index (χ3n) is 3.61. The van der Waals surface area contributed by atoms with Crippen molar-refractivity contribution >= 4 is 11.0 Å². The molecule has 2 aromatic carbocycles. The Bertz CT molecular complexity index is 715. The van der Waals surface area contributed by atoms with Gasteiger partial charge in [0.1, 0.15) is 17.2 Å². The highest BCUT2D eigenvalue weighted by molar-refractivity contribution is 5.82. The number of benzene rings is 2. The van der Waals surface area contributed by atoms with Crippen LogP contribution in [0.25, 0.3) is 22.3 Å². The van der Waals surface area contributed by atoms with Crippen LogP contribution in [-0.4, -0.2) is 7.05 Å². The number of fused-ring (bicyclic) bond motifs is 1. The Kier molecular flexibility index (Phi) is 3.28. The van der Waals surface area contributed by atoms with Gasteiger partial charge in [0.2, 0.25) is 0 Å². The number of furan rings is 1. The summed E-state index contributed by atoms with van der Waals surface area (Å²) in [6.07, 6.45) is 0. The van der Waals surface area contributed by atoms with Crippen molar-refractivity contribution in [1.29, 1.82) is 0 Å². The van der Waals surface area contributed by atoms with Crippen LogP contribution in [-0.2, 0) is 0 Å². The maximum absolute atomic E-state index is 14.1. The SMILES string of the molecule is CNC(C)c1ccc(F)c(-c2cc3ccccc3o2)c1. The Morgan fingerprint density at radius 2 is 1.90 bits per heavy atom. The lowest BCUT2D eigenvalue weighted by atomic mass is 10.0. The summed E-state index contributed by atoms with van der Waals surface area (Å²) in [5.74, 6) is 0.296. The van der Waals surface area contributed by atoms with Crippen molar-refractivity contribution in [2.24, 2.45) is 0 Å². The molecule has 20 heavy (non-hydrogen) atoms. The van der Waals surface area contributed by atoms with E-state index in [0.717, 1.165) is 16.5 Å². The molecule has 0 fully saturated rings. The van der Waals surface area contributed by atoms with Crippen LogP contribution in [0.4, 0.5) is 4.39 Å². The average Bonchev–Trinajstić information content (AvgIpc) is 2.90. The third-order valence-corrected chi connectivity index (χ3v) is 3.61. The zero-order chi connectivity index (χ0) is 14.1. The first-order valence-electron chi connectivity index (χ1n) is 6.64. The van der Waals surface area contributed by atoms with Crippen LogP contribution in [0.3, 0.4) is 0 Å². The van der Waals surface area contributed by atoms with Crippen LogP contribution in [0.5, 0.6) is 0 Å². The lowest BCUT2D eigenvalue weighted by Crippen LogP contribution is -2.12. The molecule has 3 rings (SSSR count). The molecule has 2 nitrogen and oxygen atoms in total. The van der Waals surface area contributed by atoms with E-state index in [0.29, 0.717) is 11.3 Å². The Balaban J connectivity index is 2.12. The molecule has 0 aliphatic rings. The average molecular weight is 269 g/mol. The largest absolute Gasteiger partial charge is 0.456 e. The zero-order valence-electron chi connectivity index (χ0n) is 11.5. The predicted octanol–water partition coefficient (Wildman–Crippen LogP) is 4.52. The Morgan fingerprint density at radius 1 is 1.10 bits per heavy atom. The number of halogens is 1. The summed E-state index contributed by atoms with van der Waals surface area (Å²) < 4.78 is 19.8. The molecule has 1 N–H and O–H groups in total. The molecule has 0 aliphatic carbocycles. The molecular formula is C17H16FNO. The maximum Gasteiger partial charge on any atom is 0.138 e. The molecule has 0 radical (unpaired) electrons. The number of nitrogens with one attached hydrogen (secondary N) is 1. The first kappa shape index (κ1) is 12.9. The van der Waals surface area contributed by atoms with Gasteiger partial charge in [-0.05, 0) is 43.8 Å². The monoisotopic (exact) mass is 269 g/mol. The minimum atomic E-state index is -0.267. The summed E-state index contributed by atoms with van der Waals surface area (Å²) in [4.78, 5) is 0. The molecule has 0 saturated carbocycles. The van der Waals surface area contributed by atoms with Crippen LogP contribution in [0.1, 0.15) is 18.5 Å². The lowest BCUT2D eigenvalue weighted by Gasteiger charge is -2.11. The Hall–Kier alpha value is -2.13. The lowest BCUT2D eigenvalue weighted by molar-refractivity contribution is 0.597. The number of para-hydroxylation sites is 1. The molecule has 0 saturated heterocycles. The van der Waals surface area contributed by atoms with Crippen molar-refractivity contribution in [3.63, 3.8) is 0 Å². The van der Waals surface area contributed by atoms with Crippen LogP contribution in [0, 0.1) is 5.82 Å². The topological polar surface area (TPSA) is 25.2 Å². The first-order chi connectivity index (χ1) is 9.69. The summed E-state index contributed by atoms with van der Waals surface area (Å²) in [7, 11) is 1.88. The van der Waals surface area contributed by atoms with Gasteiger partial charge >= 0.3 is 0 Å². The highest BCUT2D eigenvalue weighted by atomic mass is 19.1. The van der Waals surface area contributed by atoms with E-state index in [1.54, 1.807) is 6.07 Å². The van der Waals surface area contributed by atoms with Gasteiger partial charge in [0.05, 0.1) is 5.56 Å². The van der Waals surface area contributed by atoms with Crippen molar-refractivity contribution in [1.82, 2.24) is 5.32 Å². The third kappa shape index (κ3) is 2.21. The van der Waals surface area contributed by atoms with E-state index in [2.05, 4.69) is 5.32 Å². The molecule has 1 aromatic heterocycles. The fraction of sp³-hybridized carbons (Fsp3) is 0.176. The van der Waals surface area contributed by atoms with Gasteiger partial charge in [0.15, 0.2) is 0 Å². The molecular weight excluding hydrogens is 253 g/mol. The number of rotatable bonds is 3. The van der Waals surface area contributed by atoms with Gasteiger partial charge in [0.25, 0.3) is 0 Å². The van der Waals surface area contributed by atoms with Crippen molar-refractivity contribution in [3.05, 3.63) is 59.9 Å². The number of hydrogen-bond donors (Lipinski definition) is 1. The second-order valence-electron chi connectivity index (χ2n) is 4.90. The van der Waals surface area contributed by atoms with Crippen molar-refractivity contribution < 1.29 is 8.81 Å². The summed E-state index contributed by atoms with van der Waals surface area (Å²) in [5.41, 5.74) is 2.30. The molecule has 3 aromatic rings. The molecule has 0 spiro atoms. The summed E-state index contributed by atoms with van der Waals surface area (Å²) >= 11 is 0. The number of hydrogen-bond acceptors (Lipinski definition) is 2. The highest BCUT2D eigenvalue weighted by Gasteiger charge is 2.13. The Morgan fingerprint density at radius 3 is 2.65 bits per heavy atom. The van der Waals surface area contributed by atoms with E-state index in [4.69, 9.17) is 4.42 Å². The summed E-state index contributed by atoms with van der Waals surface area (Å²) in [5, 5.41) is 4.13. The molecule has 1 unspecified atom stereocenters. The van der Waals surface area contributed by atoms with Gasteiger partial charge in [-0.3, -0.25) is 0 Å². The smallest absolute Gasteiger partial charge is 0.138 e. The summed E-state index contributed by atoms with van der Waals surface area (Å²) in [6, 6.07) is 14.9. The van der Waals surface area contributed by atoms with Crippen molar-refractivity contribution in [2.45, 2.75) is 13.0 Å². The van der Waals surface area contributed by atoms with Crippen LogP contribution >= 0.6 is 0 Å². The van der Waals surface area contributed by atoms with E-state index in [-0.39, 0.29) is 11.9 Å². The van der Waals surface area contributed by atoms with E-state index in [1.807, 2.05) is 50.4 Å². The second kappa shape index (κ2) is 5.10. The maximum atomic E-state index is 14.1. The van der Waals surface area contributed by atoms with Gasteiger partial charge in [0, 0.05) is 11.4 Å². The molecule has 0 amide bonds. The molecule has 102 valence electrons. The minimum absolute atomic E-state index is 0.165. The predicted molar refractivity (Wildman–Crippen MR) is 79.1 cm³/mol. The normalized spacial score (nSPS) is 12.8. The van der Waals surface area contributed by atoms with Gasteiger partial charge < -0.3 is 9.73 Å². The first-order valence-corrected chi connectivity index (χ1v) is 6.64. The van der Waals surface area contributed by atoms with E-state index in [1.165, 1.54) is 6.07 Å². The van der Waals surface area contributed by atoms with E-state index >= 15 is 0 Å². The summed E-state index contributed by atoms with van der Waals surface area (Å²) in [6.45, 7) is 2.04. The minimum Gasteiger partial charge on any atom is -0.456 e. The van der Waals surface area contributed by atoms with E-state index in [9.17, 15) is 4.39 Å². The van der Waals surface area contributed by atoms with E-state index < -0.39 is 0 Å². The van der Waals surface area contributed by atoms with Crippen molar-refractivity contribution in [2.75, 3.05) is 7.05 Å². The molecule has 1 atom stereocenters. The van der Waals surface area contributed by atoms with Gasteiger partial charge in [-0.2, -0.15) is 0 Å². The van der Waals surface area contributed by atoms with Gasteiger partial charge in [-0.1, -0.05) is 24.3 Å². The van der Waals surface area contributed by atoms with Crippen LogP contribution in [0.15, 0.2) is 52.9 Å². The second-order valence-corrected chi connectivity index (χ2v) is 4.90. The molecule has 1 heterocycles. The van der Waals surface area contributed by atoms with Gasteiger partial charge in [-0.15, -0.1) is 0 Å². The van der Waals surface area contributed by atoms with Crippen molar-refractivity contribution in [3.8, 4) is 11.3 Å². The molecule has 3 heteroatoms. The fourth-order valence-electron chi connectivity index (χ4n) is 2.28. The quantitative estimate of drug-likeness (QED) is 0.756.